The predicted molar refractivity (Wildman–Crippen MR) is 77.4 cm³/mol. The van der Waals surface area contributed by atoms with E-state index in [0.717, 1.165) is 22.2 Å². The van der Waals surface area contributed by atoms with E-state index in [1.54, 1.807) is 10.9 Å². The fourth-order valence-electron chi connectivity index (χ4n) is 2.18. The smallest absolute Gasteiger partial charge is 0.267 e. The molecule has 3 aromatic rings. The number of nitrogens with one attached hydrogen (secondary N) is 2. The molecular formula is C15H16N4O. The number of carbonyl (C=O) groups excluding carboxylic acids is 1. The molecule has 0 radical (unpaired) electrons. The third kappa shape index (κ3) is 2.18. The van der Waals surface area contributed by atoms with Gasteiger partial charge in [-0.1, -0.05) is 18.2 Å². The zero-order valence-electron chi connectivity index (χ0n) is 11.5. The topological polar surface area (TPSA) is 62.7 Å². The Morgan fingerprint density at radius 3 is 2.90 bits per heavy atom. The number of aromatic nitrogens is 3. The minimum Gasteiger partial charge on any atom is -0.351 e. The lowest BCUT2D eigenvalue weighted by Crippen LogP contribution is -2.23. The van der Waals surface area contributed by atoms with E-state index in [1.165, 1.54) is 0 Å². The van der Waals surface area contributed by atoms with Gasteiger partial charge in [0, 0.05) is 35.8 Å². The molecule has 2 aromatic heterocycles. The molecule has 0 saturated heterocycles. The highest BCUT2D eigenvalue weighted by atomic mass is 16.1. The summed E-state index contributed by atoms with van der Waals surface area (Å²) in [5, 5.41) is 8.10. The summed E-state index contributed by atoms with van der Waals surface area (Å²) in [6.45, 7) is 2.46. The summed E-state index contributed by atoms with van der Waals surface area (Å²) in [7, 11) is 1.89. The van der Waals surface area contributed by atoms with Gasteiger partial charge in [-0.3, -0.25) is 9.48 Å². The SMILES string of the molecule is Cc1c(CNC(=O)c2cc3ccccc3[nH]2)cnn1C. The summed E-state index contributed by atoms with van der Waals surface area (Å²) in [5.74, 6) is -0.107. The molecule has 2 N–H and O–H groups in total. The van der Waals surface area contributed by atoms with Gasteiger partial charge in [0.2, 0.25) is 0 Å². The van der Waals surface area contributed by atoms with E-state index in [0.29, 0.717) is 12.2 Å². The fourth-order valence-corrected chi connectivity index (χ4v) is 2.18. The quantitative estimate of drug-likeness (QED) is 0.764. The molecule has 102 valence electrons. The summed E-state index contributed by atoms with van der Waals surface area (Å²) in [4.78, 5) is 15.3. The standard InChI is InChI=1S/C15H16N4O/c1-10-12(9-17-19(10)2)8-16-15(20)14-7-11-5-3-4-6-13(11)18-14/h3-7,9,18H,8H2,1-2H3,(H,16,20). The van der Waals surface area contributed by atoms with E-state index >= 15 is 0 Å². The van der Waals surface area contributed by atoms with Crippen molar-refractivity contribution in [3.8, 4) is 0 Å². The van der Waals surface area contributed by atoms with E-state index < -0.39 is 0 Å². The van der Waals surface area contributed by atoms with Gasteiger partial charge in [-0.25, -0.2) is 0 Å². The normalized spacial score (nSPS) is 10.9. The number of aryl methyl sites for hydroxylation is 1. The van der Waals surface area contributed by atoms with Crippen LogP contribution in [-0.2, 0) is 13.6 Å². The molecule has 0 aliphatic rings. The summed E-state index contributed by atoms with van der Waals surface area (Å²) in [6, 6.07) is 9.70. The number of carbonyl (C=O) groups is 1. The van der Waals surface area contributed by atoms with Crippen molar-refractivity contribution in [1.29, 1.82) is 0 Å². The van der Waals surface area contributed by atoms with E-state index in [1.807, 2.05) is 44.3 Å². The molecule has 2 heterocycles. The second-order valence-corrected chi connectivity index (χ2v) is 4.83. The molecule has 0 aliphatic carbocycles. The predicted octanol–water partition coefficient (Wildman–Crippen LogP) is 2.14. The second-order valence-electron chi connectivity index (χ2n) is 4.83. The lowest BCUT2D eigenvalue weighted by molar-refractivity contribution is 0.0946. The number of fused-ring (bicyclic) bond motifs is 1. The van der Waals surface area contributed by atoms with Crippen LogP contribution < -0.4 is 5.32 Å². The van der Waals surface area contributed by atoms with Crippen molar-refractivity contribution >= 4 is 16.8 Å². The number of hydrogen-bond acceptors (Lipinski definition) is 2. The Balaban J connectivity index is 1.74. The Morgan fingerprint density at radius 1 is 1.40 bits per heavy atom. The average molecular weight is 268 g/mol. The van der Waals surface area contributed by atoms with Crippen LogP contribution in [0.3, 0.4) is 0 Å². The van der Waals surface area contributed by atoms with Crippen LogP contribution >= 0.6 is 0 Å². The monoisotopic (exact) mass is 268 g/mol. The molecule has 5 heteroatoms. The van der Waals surface area contributed by atoms with E-state index in [4.69, 9.17) is 0 Å². The maximum absolute atomic E-state index is 12.1. The van der Waals surface area contributed by atoms with Crippen molar-refractivity contribution in [2.45, 2.75) is 13.5 Å². The number of para-hydroxylation sites is 1. The molecule has 3 rings (SSSR count). The number of aromatic amines is 1. The van der Waals surface area contributed by atoms with Gasteiger partial charge in [0.05, 0.1) is 6.20 Å². The molecule has 0 spiro atoms. The van der Waals surface area contributed by atoms with Crippen molar-refractivity contribution in [3.05, 3.63) is 53.5 Å². The first kappa shape index (κ1) is 12.5. The zero-order chi connectivity index (χ0) is 14.1. The average Bonchev–Trinajstić information content (AvgIpc) is 3.02. The van der Waals surface area contributed by atoms with Gasteiger partial charge >= 0.3 is 0 Å². The van der Waals surface area contributed by atoms with Crippen molar-refractivity contribution in [1.82, 2.24) is 20.1 Å². The fraction of sp³-hybridized carbons (Fsp3) is 0.200. The summed E-state index contributed by atoms with van der Waals surface area (Å²) >= 11 is 0. The Morgan fingerprint density at radius 2 is 2.20 bits per heavy atom. The molecule has 0 fully saturated rings. The van der Waals surface area contributed by atoms with Gasteiger partial charge in [0.1, 0.15) is 5.69 Å². The summed E-state index contributed by atoms with van der Waals surface area (Å²) in [6.07, 6.45) is 1.78. The number of nitrogens with zero attached hydrogens (tertiary/aromatic N) is 2. The van der Waals surface area contributed by atoms with Crippen molar-refractivity contribution in [2.24, 2.45) is 7.05 Å². The van der Waals surface area contributed by atoms with Crippen LogP contribution in [0.25, 0.3) is 10.9 Å². The van der Waals surface area contributed by atoms with E-state index in [2.05, 4.69) is 15.4 Å². The third-order valence-corrected chi connectivity index (χ3v) is 3.55. The van der Waals surface area contributed by atoms with Crippen LogP contribution in [-0.4, -0.2) is 20.7 Å². The maximum Gasteiger partial charge on any atom is 0.267 e. The molecule has 0 aliphatic heterocycles. The summed E-state index contributed by atoms with van der Waals surface area (Å²) < 4.78 is 1.80. The van der Waals surface area contributed by atoms with Crippen LogP contribution in [0.2, 0.25) is 0 Å². The second kappa shape index (κ2) is 4.85. The molecule has 1 amide bonds. The molecule has 0 saturated carbocycles. The van der Waals surface area contributed by atoms with E-state index in [-0.39, 0.29) is 5.91 Å². The van der Waals surface area contributed by atoms with Crippen molar-refractivity contribution in [3.63, 3.8) is 0 Å². The van der Waals surface area contributed by atoms with Gasteiger partial charge < -0.3 is 10.3 Å². The lowest BCUT2D eigenvalue weighted by atomic mass is 10.2. The van der Waals surface area contributed by atoms with Crippen LogP contribution in [0.5, 0.6) is 0 Å². The van der Waals surface area contributed by atoms with Crippen LogP contribution in [0, 0.1) is 6.92 Å². The number of rotatable bonds is 3. The molecular weight excluding hydrogens is 252 g/mol. The third-order valence-electron chi connectivity index (χ3n) is 3.55. The number of hydrogen-bond donors (Lipinski definition) is 2. The number of amides is 1. The van der Waals surface area contributed by atoms with Gasteiger partial charge in [-0.2, -0.15) is 5.10 Å². The Bertz CT molecular complexity index is 736. The first-order chi connectivity index (χ1) is 9.65. The Labute approximate surface area is 116 Å². The van der Waals surface area contributed by atoms with Gasteiger partial charge in [0.25, 0.3) is 5.91 Å². The number of benzene rings is 1. The molecule has 20 heavy (non-hydrogen) atoms. The largest absolute Gasteiger partial charge is 0.351 e. The molecule has 0 atom stereocenters. The molecule has 1 aromatic carbocycles. The minimum absolute atomic E-state index is 0.107. The van der Waals surface area contributed by atoms with Crippen LogP contribution in [0.1, 0.15) is 21.7 Å². The highest BCUT2D eigenvalue weighted by Gasteiger charge is 2.10. The van der Waals surface area contributed by atoms with E-state index in [9.17, 15) is 4.79 Å². The molecule has 0 bridgehead atoms. The van der Waals surface area contributed by atoms with Crippen LogP contribution in [0.15, 0.2) is 36.5 Å². The zero-order valence-corrected chi connectivity index (χ0v) is 11.5. The summed E-state index contributed by atoms with van der Waals surface area (Å²) in [5.41, 5.74) is 3.63. The highest BCUT2D eigenvalue weighted by molar-refractivity contribution is 5.97. The lowest BCUT2D eigenvalue weighted by Gasteiger charge is -2.03. The number of H-pyrrole nitrogens is 1. The van der Waals surface area contributed by atoms with Gasteiger partial charge in [-0.05, 0) is 19.1 Å². The van der Waals surface area contributed by atoms with Crippen molar-refractivity contribution < 1.29 is 4.79 Å². The van der Waals surface area contributed by atoms with Gasteiger partial charge in [-0.15, -0.1) is 0 Å². The Hall–Kier alpha value is -2.56. The highest BCUT2D eigenvalue weighted by Crippen LogP contribution is 2.14. The van der Waals surface area contributed by atoms with Crippen LogP contribution in [0.4, 0.5) is 0 Å². The molecule has 5 nitrogen and oxygen atoms in total. The molecule has 0 unspecified atom stereocenters. The van der Waals surface area contributed by atoms with Gasteiger partial charge in [0.15, 0.2) is 0 Å². The van der Waals surface area contributed by atoms with Crippen molar-refractivity contribution in [2.75, 3.05) is 0 Å². The Kier molecular flexibility index (Phi) is 3.02. The maximum atomic E-state index is 12.1. The minimum atomic E-state index is -0.107. The first-order valence-electron chi connectivity index (χ1n) is 6.48. The first-order valence-corrected chi connectivity index (χ1v) is 6.48.